The molecule has 2 heteroatoms. The normalized spacial score (nSPS) is 9.58. The average Bonchev–Trinajstić information content (AvgIpc) is 2.16. The van der Waals surface area contributed by atoms with Crippen molar-refractivity contribution in [2.75, 3.05) is 24.7 Å². The van der Waals surface area contributed by atoms with Crippen LogP contribution >= 0.6 is 0 Å². The van der Waals surface area contributed by atoms with Crippen LogP contribution in [0.4, 0.5) is 11.4 Å². The molecule has 1 aromatic rings. The van der Waals surface area contributed by atoms with Gasteiger partial charge in [0.05, 0.1) is 11.4 Å². The highest BCUT2D eigenvalue weighted by Gasteiger charge is 1.98. The van der Waals surface area contributed by atoms with E-state index in [0.29, 0.717) is 0 Å². The Morgan fingerprint density at radius 1 is 1.17 bits per heavy atom. The van der Waals surface area contributed by atoms with Gasteiger partial charge in [0.15, 0.2) is 0 Å². The van der Waals surface area contributed by atoms with Gasteiger partial charge < -0.3 is 10.6 Å². The molecule has 70 valence electrons. The van der Waals surface area contributed by atoms with E-state index in [4.69, 9.17) is 0 Å². The summed E-state index contributed by atoms with van der Waals surface area (Å²) >= 11 is 0. The minimum atomic E-state index is 0. The maximum Gasteiger partial charge on any atom is 0.0576 e. The van der Waals surface area contributed by atoms with Crippen LogP contribution in [-0.2, 0) is 6.42 Å². The molecule has 0 aliphatic rings. The first-order chi connectivity index (χ1) is 5.81. The first-order valence-corrected chi connectivity index (χ1v) is 4.30. The largest absolute Gasteiger partial charge is 0.386 e. The molecule has 12 heavy (non-hydrogen) atoms. The first kappa shape index (κ1) is 8.91. The predicted molar refractivity (Wildman–Crippen MR) is 59.1 cm³/mol. The lowest BCUT2D eigenvalue weighted by atomic mass is 10.1. The van der Waals surface area contributed by atoms with Crippen molar-refractivity contribution in [2.24, 2.45) is 0 Å². The van der Waals surface area contributed by atoms with Crippen LogP contribution in [0.15, 0.2) is 18.2 Å². The van der Waals surface area contributed by atoms with Gasteiger partial charge in [-0.3, -0.25) is 0 Å². The summed E-state index contributed by atoms with van der Waals surface area (Å²) in [6.45, 7) is 2.16. The van der Waals surface area contributed by atoms with Gasteiger partial charge in [-0.2, -0.15) is 0 Å². The fraction of sp³-hybridized carbons (Fsp3) is 0.400. The van der Waals surface area contributed by atoms with E-state index in [-0.39, 0.29) is 2.85 Å². The zero-order chi connectivity index (χ0) is 8.97. The number of hydrogen-bond acceptors (Lipinski definition) is 2. The maximum absolute atomic E-state index is 3.16. The van der Waals surface area contributed by atoms with Gasteiger partial charge in [-0.25, -0.2) is 0 Å². The van der Waals surface area contributed by atoms with E-state index in [1.807, 2.05) is 14.1 Å². The third kappa shape index (κ3) is 1.70. The third-order valence-electron chi connectivity index (χ3n) is 2.03. The van der Waals surface area contributed by atoms with Crippen LogP contribution in [0.3, 0.4) is 0 Å². The Kier molecular flexibility index (Phi) is 2.97. The standard InChI is InChI=1S/C10H16N2.2H2/c1-4-8-5-6-9(11-2)10(7-8)12-3;;/h5-7,11-12H,4H2,1-3H3;2*1H. The Morgan fingerprint density at radius 3 is 2.33 bits per heavy atom. The van der Waals surface area contributed by atoms with Gasteiger partial charge in [0, 0.05) is 16.9 Å². The van der Waals surface area contributed by atoms with Gasteiger partial charge in [-0.1, -0.05) is 13.0 Å². The molecule has 1 aromatic carbocycles. The molecule has 0 radical (unpaired) electrons. The fourth-order valence-electron chi connectivity index (χ4n) is 1.24. The van der Waals surface area contributed by atoms with Gasteiger partial charge in [0.25, 0.3) is 0 Å². The molecule has 0 saturated heterocycles. The lowest BCUT2D eigenvalue weighted by molar-refractivity contribution is 1.14. The quantitative estimate of drug-likeness (QED) is 0.725. The van der Waals surface area contributed by atoms with Crippen LogP contribution in [0.1, 0.15) is 15.3 Å². The highest BCUT2D eigenvalue weighted by atomic mass is 14.9. The summed E-state index contributed by atoms with van der Waals surface area (Å²) in [4.78, 5) is 0. The van der Waals surface area contributed by atoms with E-state index in [2.05, 4.69) is 35.8 Å². The molecule has 0 unspecified atom stereocenters. The molecule has 0 spiro atoms. The summed E-state index contributed by atoms with van der Waals surface area (Å²) in [5, 5.41) is 6.29. The van der Waals surface area contributed by atoms with Crippen LogP contribution < -0.4 is 10.6 Å². The maximum atomic E-state index is 3.16. The topological polar surface area (TPSA) is 24.1 Å². The number of nitrogens with one attached hydrogen (secondary N) is 2. The SMILES string of the molecule is CCc1ccc(NC)c(NC)c1.[HH].[HH]. The number of rotatable bonds is 3. The lowest BCUT2D eigenvalue weighted by Crippen LogP contribution is -1.97. The Morgan fingerprint density at radius 2 is 1.83 bits per heavy atom. The summed E-state index contributed by atoms with van der Waals surface area (Å²) < 4.78 is 0. The minimum absolute atomic E-state index is 0. The molecule has 1 rings (SSSR count). The molecule has 0 atom stereocenters. The van der Waals surface area contributed by atoms with Crippen molar-refractivity contribution in [3.8, 4) is 0 Å². The molecule has 0 aromatic heterocycles. The Bertz CT molecular complexity index is 264. The molecule has 2 nitrogen and oxygen atoms in total. The van der Waals surface area contributed by atoms with Gasteiger partial charge in [-0.15, -0.1) is 0 Å². The van der Waals surface area contributed by atoms with Crippen molar-refractivity contribution in [1.82, 2.24) is 0 Å². The van der Waals surface area contributed by atoms with E-state index in [1.165, 1.54) is 5.56 Å². The average molecular weight is 168 g/mol. The molecule has 0 aliphatic heterocycles. The van der Waals surface area contributed by atoms with E-state index in [9.17, 15) is 0 Å². The van der Waals surface area contributed by atoms with E-state index in [0.717, 1.165) is 17.8 Å². The summed E-state index contributed by atoms with van der Waals surface area (Å²) in [5.41, 5.74) is 3.67. The highest BCUT2D eigenvalue weighted by molar-refractivity contribution is 5.69. The molecule has 0 fully saturated rings. The minimum Gasteiger partial charge on any atom is -0.386 e. The molecule has 0 heterocycles. The van der Waals surface area contributed by atoms with Gasteiger partial charge in [-0.05, 0) is 24.1 Å². The predicted octanol–water partition coefficient (Wildman–Crippen LogP) is 2.82. The van der Waals surface area contributed by atoms with Gasteiger partial charge >= 0.3 is 0 Å². The molecule has 2 N–H and O–H groups in total. The summed E-state index contributed by atoms with van der Waals surface area (Å²) in [7, 11) is 3.87. The van der Waals surface area contributed by atoms with Crippen LogP contribution in [0.2, 0.25) is 0 Å². The zero-order valence-corrected chi connectivity index (χ0v) is 7.94. The summed E-state index contributed by atoms with van der Waals surface area (Å²) in [6, 6.07) is 6.42. The molecule has 0 saturated carbocycles. The Balaban J connectivity index is 0. The number of aryl methyl sites for hydroxylation is 1. The van der Waals surface area contributed by atoms with Crippen molar-refractivity contribution < 1.29 is 2.85 Å². The van der Waals surface area contributed by atoms with Crippen molar-refractivity contribution in [3.63, 3.8) is 0 Å². The molecular formula is C10H20N2. The zero-order valence-electron chi connectivity index (χ0n) is 7.94. The van der Waals surface area contributed by atoms with Crippen LogP contribution in [-0.4, -0.2) is 14.1 Å². The molecule has 0 bridgehead atoms. The monoisotopic (exact) mass is 168 g/mol. The fourth-order valence-corrected chi connectivity index (χ4v) is 1.24. The lowest BCUT2D eigenvalue weighted by Gasteiger charge is -2.09. The van der Waals surface area contributed by atoms with Crippen molar-refractivity contribution in [1.29, 1.82) is 0 Å². The first-order valence-electron chi connectivity index (χ1n) is 4.30. The number of benzene rings is 1. The second kappa shape index (κ2) is 4.00. The van der Waals surface area contributed by atoms with E-state index in [1.54, 1.807) is 0 Å². The van der Waals surface area contributed by atoms with E-state index < -0.39 is 0 Å². The van der Waals surface area contributed by atoms with Crippen LogP contribution in [0.5, 0.6) is 0 Å². The molecular weight excluding hydrogens is 148 g/mol. The summed E-state index contributed by atoms with van der Waals surface area (Å²) in [5.74, 6) is 0. The Labute approximate surface area is 77.0 Å². The van der Waals surface area contributed by atoms with Gasteiger partial charge in [0.1, 0.15) is 0 Å². The molecule has 0 aliphatic carbocycles. The second-order valence-electron chi connectivity index (χ2n) is 2.73. The van der Waals surface area contributed by atoms with Crippen molar-refractivity contribution >= 4 is 11.4 Å². The second-order valence-corrected chi connectivity index (χ2v) is 2.73. The van der Waals surface area contributed by atoms with Crippen LogP contribution in [0, 0.1) is 0 Å². The Hall–Kier alpha value is -1.18. The van der Waals surface area contributed by atoms with Crippen molar-refractivity contribution in [2.45, 2.75) is 13.3 Å². The number of hydrogen-bond donors (Lipinski definition) is 2. The third-order valence-corrected chi connectivity index (χ3v) is 2.03. The highest BCUT2D eigenvalue weighted by Crippen LogP contribution is 2.22. The van der Waals surface area contributed by atoms with Crippen LogP contribution in [0.25, 0.3) is 0 Å². The van der Waals surface area contributed by atoms with E-state index >= 15 is 0 Å². The van der Waals surface area contributed by atoms with Crippen molar-refractivity contribution in [3.05, 3.63) is 23.8 Å². The smallest absolute Gasteiger partial charge is 0.0576 e. The van der Waals surface area contributed by atoms with Gasteiger partial charge in [0.2, 0.25) is 0 Å². The summed E-state index contributed by atoms with van der Waals surface area (Å²) in [6.07, 6.45) is 1.08. The number of anilines is 2. The molecule has 0 amide bonds.